The van der Waals surface area contributed by atoms with E-state index in [0.717, 1.165) is 53.5 Å². The molecule has 1 aliphatic heterocycles. The molecule has 192 valence electrons. The molecule has 0 fully saturated rings. The van der Waals surface area contributed by atoms with Crippen LogP contribution in [-0.4, -0.2) is 46.7 Å². The molecule has 0 unspecified atom stereocenters. The fraction of sp³-hybridized carbons (Fsp3) is 0.429. The maximum atomic E-state index is 12.7. The van der Waals surface area contributed by atoms with Crippen LogP contribution in [0.15, 0.2) is 54.9 Å². The van der Waals surface area contributed by atoms with E-state index >= 15 is 0 Å². The number of hydrogen-bond donors (Lipinski definition) is 1. The molecule has 8 heteroatoms. The Bertz CT molecular complexity index is 1110. The van der Waals surface area contributed by atoms with E-state index in [1.807, 2.05) is 61.1 Å². The number of aryl methyl sites for hydroxylation is 1. The SMILES string of the molecule is CCOc1cccc2c1OCCCCCNC(=O)CN(Cc1ccc(OCc3nccn3C)cc1)C2. The number of ether oxygens (including phenoxy) is 3. The number of para-hydroxylation sites is 1. The summed E-state index contributed by atoms with van der Waals surface area (Å²) < 4.78 is 19.9. The highest BCUT2D eigenvalue weighted by atomic mass is 16.5. The summed E-state index contributed by atoms with van der Waals surface area (Å²) in [6.45, 7) is 5.76. The molecular weight excluding hydrogens is 456 g/mol. The van der Waals surface area contributed by atoms with E-state index < -0.39 is 0 Å². The third-order valence-corrected chi connectivity index (χ3v) is 6.13. The molecule has 0 aliphatic carbocycles. The van der Waals surface area contributed by atoms with Crippen molar-refractivity contribution in [2.45, 2.75) is 45.9 Å². The van der Waals surface area contributed by atoms with E-state index in [1.165, 1.54) is 0 Å². The predicted molar refractivity (Wildman–Crippen MR) is 138 cm³/mol. The van der Waals surface area contributed by atoms with Crippen molar-refractivity contribution in [2.24, 2.45) is 7.05 Å². The van der Waals surface area contributed by atoms with Crippen molar-refractivity contribution < 1.29 is 19.0 Å². The van der Waals surface area contributed by atoms with Crippen molar-refractivity contribution in [1.29, 1.82) is 0 Å². The summed E-state index contributed by atoms with van der Waals surface area (Å²) in [7, 11) is 1.95. The van der Waals surface area contributed by atoms with Gasteiger partial charge in [0.05, 0.1) is 19.8 Å². The number of nitrogens with zero attached hydrogens (tertiary/aromatic N) is 3. The van der Waals surface area contributed by atoms with Crippen molar-refractivity contribution in [1.82, 2.24) is 19.8 Å². The van der Waals surface area contributed by atoms with Crippen LogP contribution in [-0.2, 0) is 31.5 Å². The average molecular weight is 493 g/mol. The number of aromatic nitrogens is 2. The summed E-state index contributed by atoms with van der Waals surface area (Å²) in [6, 6.07) is 14.0. The summed E-state index contributed by atoms with van der Waals surface area (Å²) >= 11 is 0. The minimum Gasteiger partial charge on any atom is -0.490 e. The molecule has 2 heterocycles. The first-order valence-corrected chi connectivity index (χ1v) is 12.7. The molecule has 1 N–H and O–H groups in total. The molecule has 36 heavy (non-hydrogen) atoms. The third kappa shape index (κ3) is 7.24. The Morgan fingerprint density at radius 1 is 1.06 bits per heavy atom. The smallest absolute Gasteiger partial charge is 0.234 e. The van der Waals surface area contributed by atoms with E-state index in [4.69, 9.17) is 14.2 Å². The van der Waals surface area contributed by atoms with Crippen LogP contribution in [0.2, 0.25) is 0 Å². The van der Waals surface area contributed by atoms with Crippen molar-refractivity contribution in [3.05, 3.63) is 71.8 Å². The van der Waals surface area contributed by atoms with Crippen molar-refractivity contribution in [3.8, 4) is 17.2 Å². The lowest BCUT2D eigenvalue weighted by Crippen LogP contribution is -2.37. The van der Waals surface area contributed by atoms with Gasteiger partial charge < -0.3 is 24.1 Å². The van der Waals surface area contributed by atoms with Gasteiger partial charge in [0.15, 0.2) is 11.5 Å². The highest BCUT2D eigenvalue weighted by Gasteiger charge is 2.18. The van der Waals surface area contributed by atoms with Crippen LogP contribution in [0.3, 0.4) is 0 Å². The lowest BCUT2D eigenvalue weighted by atomic mass is 10.1. The van der Waals surface area contributed by atoms with Gasteiger partial charge >= 0.3 is 0 Å². The zero-order chi connectivity index (χ0) is 25.2. The largest absolute Gasteiger partial charge is 0.490 e. The third-order valence-electron chi connectivity index (χ3n) is 6.13. The molecule has 8 nitrogen and oxygen atoms in total. The molecule has 3 aromatic rings. The van der Waals surface area contributed by atoms with Gasteiger partial charge in [0, 0.05) is 44.6 Å². The lowest BCUT2D eigenvalue weighted by Gasteiger charge is -2.24. The molecule has 0 radical (unpaired) electrons. The van der Waals surface area contributed by atoms with Gasteiger partial charge in [-0.05, 0) is 49.9 Å². The fourth-order valence-corrected chi connectivity index (χ4v) is 4.22. The van der Waals surface area contributed by atoms with Crippen LogP contribution < -0.4 is 19.5 Å². The number of carbonyl (C=O) groups is 1. The molecular formula is C28H36N4O4. The lowest BCUT2D eigenvalue weighted by molar-refractivity contribution is -0.122. The summed E-state index contributed by atoms with van der Waals surface area (Å²) in [4.78, 5) is 19.1. The van der Waals surface area contributed by atoms with E-state index in [2.05, 4.69) is 21.3 Å². The van der Waals surface area contributed by atoms with E-state index in [9.17, 15) is 4.79 Å². The van der Waals surface area contributed by atoms with Gasteiger partial charge in [0.1, 0.15) is 18.2 Å². The first-order valence-electron chi connectivity index (χ1n) is 12.7. The Labute approximate surface area is 213 Å². The van der Waals surface area contributed by atoms with Crippen molar-refractivity contribution in [3.63, 3.8) is 0 Å². The number of benzene rings is 2. The van der Waals surface area contributed by atoms with Gasteiger partial charge in [-0.2, -0.15) is 0 Å². The second kappa shape index (κ2) is 13.0. The molecule has 0 saturated heterocycles. The van der Waals surface area contributed by atoms with Crippen molar-refractivity contribution >= 4 is 5.91 Å². The molecule has 0 spiro atoms. The van der Waals surface area contributed by atoms with E-state index in [-0.39, 0.29) is 5.91 Å². The maximum Gasteiger partial charge on any atom is 0.234 e. The summed E-state index contributed by atoms with van der Waals surface area (Å²) in [6.07, 6.45) is 6.54. The van der Waals surface area contributed by atoms with Gasteiger partial charge in [-0.1, -0.05) is 24.3 Å². The van der Waals surface area contributed by atoms with Crippen LogP contribution >= 0.6 is 0 Å². The zero-order valence-corrected chi connectivity index (χ0v) is 21.2. The molecule has 0 saturated carbocycles. The minimum absolute atomic E-state index is 0.0349. The summed E-state index contributed by atoms with van der Waals surface area (Å²) in [5.41, 5.74) is 2.11. The Morgan fingerprint density at radius 2 is 1.92 bits per heavy atom. The summed E-state index contributed by atoms with van der Waals surface area (Å²) in [5.74, 6) is 3.22. The van der Waals surface area contributed by atoms with Crippen LogP contribution in [0.1, 0.15) is 43.1 Å². The quantitative estimate of drug-likeness (QED) is 0.536. The van der Waals surface area contributed by atoms with Gasteiger partial charge in [0.25, 0.3) is 0 Å². The second-order valence-corrected chi connectivity index (χ2v) is 8.97. The van der Waals surface area contributed by atoms with Crippen LogP contribution in [0, 0.1) is 0 Å². The average Bonchev–Trinajstić information content (AvgIpc) is 3.29. The van der Waals surface area contributed by atoms with Crippen LogP contribution in [0.5, 0.6) is 17.2 Å². The first kappa shape index (κ1) is 25.6. The van der Waals surface area contributed by atoms with Crippen LogP contribution in [0.25, 0.3) is 0 Å². The van der Waals surface area contributed by atoms with Crippen LogP contribution in [0.4, 0.5) is 0 Å². The highest BCUT2D eigenvalue weighted by molar-refractivity contribution is 5.78. The molecule has 0 atom stereocenters. The fourth-order valence-electron chi connectivity index (χ4n) is 4.22. The first-order chi connectivity index (χ1) is 17.6. The Kier molecular flexibility index (Phi) is 9.21. The standard InChI is InChI=1S/C28H36N4O4/c1-3-34-25-9-7-8-23-19-32(20-27(33)30-14-5-4-6-17-35-28(23)25)18-22-10-12-24(13-11-22)36-21-26-29-15-16-31(26)2/h7-13,15-16H,3-6,14,17-21H2,1-2H3,(H,30,33). The Balaban J connectivity index is 1.49. The number of rotatable bonds is 7. The maximum absolute atomic E-state index is 12.7. The zero-order valence-electron chi connectivity index (χ0n) is 21.2. The predicted octanol–water partition coefficient (Wildman–Crippen LogP) is 4.08. The summed E-state index contributed by atoms with van der Waals surface area (Å²) in [5, 5.41) is 3.06. The monoisotopic (exact) mass is 492 g/mol. The van der Waals surface area contributed by atoms with Gasteiger partial charge in [-0.3, -0.25) is 9.69 Å². The molecule has 4 rings (SSSR count). The molecule has 2 aromatic carbocycles. The van der Waals surface area contributed by atoms with Gasteiger partial charge in [-0.15, -0.1) is 0 Å². The van der Waals surface area contributed by atoms with E-state index in [1.54, 1.807) is 6.20 Å². The van der Waals surface area contributed by atoms with Crippen molar-refractivity contribution in [2.75, 3.05) is 26.3 Å². The highest BCUT2D eigenvalue weighted by Crippen LogP contribution is 2.33. The second-order valence-electron chi connectivity index (χ2n) is 8.97. The molecule has 1 amide bonds. The van der Waals surface area contributed by atoms with Gasteiger partial charge in [-0.25, -0.2) is 4.98 Å². The number of carbonyl (C=O) groups excluding carboxylic acids is 1. The Hall–Kier alpha value is -3.52. The number of fused-ring (bicyclic) bond motifs is 1. The van der Waals surface area contributed by atoms with E-state index in [0.29, 0.717) is 46.0 Å². The molecule has 1 aliphatic rings. The molecule has 0 bridgehead atoms. The number of hydrogen-bond acceptors (Lipinski definition) is 6. The Morgan fingerprint density at radius 3 is 2.69 bits per heavy atom. The number of amides is 1. The number of imidazole rings is 1. The minimum atomic E-state index is 0.0349. The molecule has 1 aromatic heterocycles. The number of nitrogens with one attached hydrogen (secondary N) is 1. The topological polar surface area (TPSA) is 77.8 Å². The van der Waals surface area contributed by atoms with Gasteiger partial charge in [0.2, 0.25) is 5.91 Å². The normalized spacial score (nSPS) is 15.4.